The van der Waals surface area contributed by atoms with Crippen molar-refractivity contribution in [3.63, 3.8) is 0 Å². The molecule has 4 aliphatic rings. The molecule has 0 aliphatic heterocycles. The van der Waals surface area contributed by atoms with E-state index in [0.717, 1.165) is 5.92 Å². The van der Waals surface area contributed by atoms with Gasteiger partial charge in [-0.15, -0.1) is 0 Å². The van der Waals surface area contributed by atoms with E-state index in [-0.39, 0.29) is 5.54 Å². The van der Waals surface area contributed by atoms with Gasteiger partial charge in [0.25, 0.3) is 0 Å². The second-order valence-electron chi connectivity index (χ2n) is 8.93. The molecule has 0 heterocycles. The molecule has 0 saturated heterocycles. The van der Waals surface area contributed by atoms with E-state index in [1.54, 1.807) is 0 Å². The molecule has 4 rings (SSSR count). The normalized spacial score (nSPS) is 46.0. The van der Waals surface area contributed by atoms with E-state index in [9.17, 15) is 0 Å². The average Bonchev–Trinajstić information content (AvgIpc) is 2.33. The molecule has 0 aromatic carbocycles. The van der Waals surface area contributed by atoms with Crippen molar-refractivity contribution in [3.8, 4) is 0 Å². The largest absolute Gasteiger partial charge is 0.325 e. The van der Waals surface area contributed by atoms with Crippen molar-refractivity contribution in [2.45, 2.75) is 103 Å². The van der Waals surface area contributed by atoms with Crippen LogP contribution in [0.3, 0.4) is 0 Å². The number of hydrogen-bond acceptors (Lipinski definition) is 1. The van der Waals surface area contributed by atoms with Gasteiger partial charge in [0, 0.05) is 5.54 Å². The second kappa shape index (κ2) is 5.30. The number of unbranched alkanes of at least 4 members (excludes halogenated alkanes) is 3. The molecule has 4 atom stereocenters. The highest BCUT2D eigenvalue weighted by Crippen LogP contribution is 2.68. The molecule has 1 heteroatoms. The van der Waals surface area contributed by atoms with E-state index in [1.807, 2.05) is 0 Å². The van der Waals surface area contributed by atoms with Crippen LogP contribution >= 0.6 is 0 Å². The van der Waals surface area contributed by atoms with Gasteiger partial charge in [-0.1, -0.05) is 46.0 Å². The van der Waals surface area contributed by atoms with Crippen LogP contribution in [-0.2, 0) is 0 Å². The molecule has 0 aromatic heterocycles. The molecule has 0 spiro atoms. The predicted octanol–water partition coefficient (Wildman–Crippen LogP) is 5.42. The Morgan fingerprint density at radius 2 is 1.40 bits per heavy atom. The first-order chi connectivity index (χ1) is 9.53. The first-order valence-electron chi connectivity index (χ1n) is 9.32. The molecule has 4 fully saturated rings. The Bertz CT molecular complexity index is 352. The number of hydrogen-bond donors (Lipinski definition) is 1. The smallest absolute Gasteiger partial charge is 0.0167 e. The summed E-state index contributed by atoms with van der Waals surface area (Å²) in [5, 5.41) is 0. The van der Waals surface area contributed by atoms with Gasteiger partial charge in [0.1, 0.15) is 0 Å². The fourth-order valence-electron chi connectivity index (χ4n) is 6.79. The van der Waals surface area contributed by atoms with E-state index in [4.69, 9.17) is 5.73 Å². The zero-order valence-electron chi connectivity index (χ0n) is 13.8. The standard InChI is InChI=1S/C19H35N/c1-3-5-7-9-18-11-16-10-17(13-18,8-6-4-2)14-19(20,12-16)15-18/h16H,3-15,20H2,1-2H3. The van der Waals surface area contributed by atoms with Crippen molar-refractivity contribution >= 4 is 0 Å². The summed E-state index contributed by atoms with van der Waals surface area (Å²) >= 11 is 0. The van der Waals surface area contributed by atoms with Crippen LogP contribution in [0, 0.1) is 16.7 Å². The van der Waals surface area contributed by atoms with Crippen LogP contribution in [0.2, 0.25) is 0 Å². The highest BCUT2D eigenvalue weighted by Gasteiger charge is 2.61. The van der Waals surface area contributed by atoms with Gasteiger partial charge >= 0.3 is 0 Å². The van der Waals surface area contributed by atoms with Crippen LogP contribution in [0.4, 0.5) is 0 Å². The molecular weight excluding hydrogens is 242 g/mol. The topological polar surface area (TPSA) is 26.0 Å². The Hall–Kier alpha value is -0.0400. The summed E-state index contributed by atoms with van der Waals surface area (Å²) in [6.07, 6.45) is 18.6. The Morgan fingerprint density at radius 3 is 1.95 bits per heavy atom. The van der Waals surface area contributed by atoms with Crippen molar-refractivity contribution in [2.75, 3.05) is 0 Å². The lowest BCUT2D eigenvalue weighted by Crippen LogP contribution is -2.63. The third kappa shape index (κ3) is 2.67. The third-order valence-electron chi connectivity index (χ3n) is 6.71. The average molecular weight is 277 g/mol. The monoisotopic (exact) mass is 277 g/mol. The van der Waals surface area contributed by atoms with Crippen molar-refractivity contribution in [1.29, 1.82) is 0 Å². The molecule has 1 nitrogen and oxygen atoms in total. The first-order valence-corrected chi connectivity index (χ1v) is 9.32. The van der Waals surface area contributed by atoms with Crippen LogP contribution in [0.5, 0.6) is 0 Å². The maximum atomic E-state index is 6.87. The molecule has 4 unspecified atom stereocenters. The molecule has 0 aromatic rings. The third-order valence-corrected chi connectivity index (χ3v) is 6.71. The van der Waals surface area contributed by atoms with Crippen molar-refractivity contribution in [1.82, 2.24) is 0 Å². The van der Waals surface area contributed by atoms with E-state index >= 15 is 0 Å². The Morgan fingerprint density at radius 1 is 0.800 bits per heavy atom. The fraction of sp³-hybridized carbons (Fsp3) is 1.00. The van der Waals surface area contributed by atoms with Gasteiger partial charge in [0.2, 0.25) is 0 Å². The molecule has 4 saturated carbocycles. The van der Waals surface area contributed by atoms with Gasteiger partial charge in [0.05, 0.1) is 0 Å². The zero-order valence-corrected chi connectivity index (χ0v) is 13.8. The Labute approximate surface area is 126 Å². The summed E-state index contributed by atoms with van der Waals surface area (Å²) in [5.74, 6) is 0.967. The minimum absolute atomic E-state index is 0.222. The van der Waals surface area contributed by atoms with E-state index in [1.165, 1.54) is 83.5 Å². The molecule has 2 N–H and O–H groups in total. The van der Waals surface area contributed by atoms with E-state index in [0.29, 0.717) is 10.8 Å². The summed E-state index contributed by atoms with van der Waals surface area (Å²) in [4.78, 5) is 0. The quantitative estimate of drug-likeness (QED) is 0.617. The van der Waals surface area contributed by atoms with Crippen molar-refractivity contribution in [3.05, 3.63) is 0 Å². The SMILES string of the molecule is CCCCCC12CC3CC(N)(CC(CCCC)(C3)C1)C2. The summed E-state index contributed by atoms with van der Waals surface area (Å²) in [6.45, 7) is 4.67. The highest BCUT2D eigenvalue weighted by atomic mass is 14.8. The van der Waals surface area contributed by atoms with Crippen LogP contribution < -0.4 is 5.73 Å². The molecule has 0 radical (unpaired) electrons. The molecule has 20 heavy (non-hydrogen) atoms. The minimum atomic E-state index is 0.222. The van der Waals surface area contributed by atoms with Gasteiger partial charge < -0.3 is 5.73 Å². The molecule has 4 bridgehead atoms. The Kier molecular flexibility index (Phi) is 3.95. The molecule has 116 valence electrons. The number of rotatable bonds is 7. The molecule has 4 aliphatic carbocycles. The second-order valence-corrected chi connectivity index (χ2v) is 8.93. The minimum Gasteiger partial charge on any atom is -0.325 e. The van der Waals surface area contributed by atoms with Gasteiger partial charge in [0.15, 0.2) is 0 Å². The lowest BCUT2D eigenvalue weighted by Gasteiger charge is -2.66. The first kappa shape index (κ1) is 14.9. The van der Waals surface area contributed by atoms with Crippen molar-refractivity contribution in [2.24, 2.45) is 22.5 Å². The van der Waals surface area contributed by atoms with E-state index in [2.05, 4.69) is 13.8 Å². The van der Waals surface area contributed by atoms with Gasteiger partial charge in [-0.05, 0) is 68.1 Å². The van der Waals surface area contributed by atoms with Gasteiger partial charge in [-0.2, -0.15) is 0 Å². The van der Waals surface area contributed by atoms with Crippen LogP contribution in [0.15, 0.2) is 0 Å². The van der Waals surface area contributed by atoms with Gasteiger partial charge in [-0.25, -0.2) is 0 Å². The van der Waals surface area contributed by atoms with Gasteiger partial charge in [-0.3, -0.25) is 0 Å². The zero-order chi connectivity index (χ0) is 14.3. The maximum absolute atomic E-state index is 6.87. The lowest BCUT2D eigenvalue weighted by molar-refractivity contribution is -0.129. The van der Waals surface area contributed by atoms with Crippen LogP contribution in [-0.4, -0.2) is 5.54 Å². The highest BCUT2D eigenvalue weighted by molar-refractivity contribution is 5.15. The Balaban J connectivity index is 1.76. The van der Waals surface area contributed by atoms with Crippen molar-refractivity contribution < 1.29 is 0 Å². The molecular formula is C19H35N. The van der Waals surface area contributed by atoms with Crippen LogP contribution in [0.1, 0.15) is 97.3 Å². The van der Waals surface area contributed by atoms with E-state index < -0.39 is 0 Å². The summed E-state index contributed by atoms with van der Waals surface area (Å²) in [7, 11) is 0. The number of nitrogens with two attached hydrogens (primary N) is 1. The lowest BCUT2D eigenvalue weighted by atomic mass is 9.40. The summed E-state index contributed by atoms with van der Waals surface area (Å²) < 4.78 is 0. The maximum Gasteiger partial charge on any atom is 0.0167 e. The predicted molar refractivity (Wildman–Crippen MR) is 86.6 cm³/mol. The van der Waals surface area contributed by atoms with Crippen LogP contribution in [0.25, 0.3) is 0 Å². The summed E-state index contributed by atoms with van der Waals surface area (Å²) in [5.41, 5.74) is 8.39. The molecule has 0 amide bonds. The fourth-order valence-corrected chi connectivity index (χ4v) is 6.79. The summed E-state index contributed by atoms with van der Waals surface area (Å²) in [6, 6.07) is 0.